The molecule has 20 heavy (non-hydrogen) atoms. The average molecular weight is 283 g/mol. The number of hydrogen-bond acceptors (Lipinski definition) is 5. The second-order valence-corrected chi connectivity index (χ2v) is 5.60. The summed E-state index contributed by atoms with van der Waals surface area (Å²) < 4.78 is 11.0. The maximum absolute atomic E-state index is 5.65. The van der Waals surface area contributed by atoms with Crippen molar-refractivity contribution in [1.29, 1.82) is 0 Å². The van der Waals surface area contributed by atoms with Gasteiger partial charge in [0.1, 0.15) is 5.60 Å². The Morgan fingerprint density at radius 3 is 2.60 bits per heavy atom. The van der Waals surface area contributed by atoms with Crippen molar-refractivity contribution in [3.63, 3.8) is 0 Å². The van der Waals surface area contributed by atoms with E-state index in [4.69, 9.17) is 9.26 Å². The molecule has 1 atom stereocenters. The highest BCUT2D eigenvalue weighted by molar-refractivity contribution is 4.98. The van der Waals surface area contributed by atoms with Crippen LogP contribution >= 0.6 is 0 Å². The average Bonchev–Trinajstić information content (AvgIpc) is 2.85. The lowest BCUT2D eigenvalue weighted by molar-refractivity contribution is -0.0221. The van der Waals surface area contributed by atoms with Crippen LogP contribution in [0.2, 0.25) is 0 Å². The van der Waals surface area contributed by atoms with Gasteiger partial charge in [-0.2, -0.15) is 4.98 Å². The normalized spacial score (nSPS) is 13.7. The van der Waals surface area contributed by atoms with E-state index >= 15 is 0 Å². The van der Waals surface area contributed by atoms with Gasteiger partial charge in [-0.15, -0.1) is 0 Å². The summed E-state index contributed by atoms with van der Waals surface area (Å²) in [5, 5.41) is 7.59. The molecule has 1 aromatic rings. The SMILES string of the molecule is CCCNC(CCC)Cc1nc(C(C)(C)OCC)no1. The van der Waals surface area contributed by atoms with Crippen LogP contribution in [0, 0.1) is 0 Å². The summed E-state index contributed by atoms with van der Waals surface area (Å²) in [6, 6.07) is 0.406. The molecule has 1 aromatic heterocycles. The zero-order chi connectivity index (χ0) is 15.0. The molecule has 0 saturated heterocycles. The molecule has 5 nitrogen and oxygen atoms in total. The molecule has 0 saturated carbocycles. The highest BCUT2D eigenvalue weighted by atomic mass is 16.5. The minimum atomic E-state index is -0.492. The summed E-state index contributed by atoms with van der Waals surface area (Å²) in [5.41, 5.74) is -0.492. The monoisotopic (exact) mass is 283 g/mol. The summed E-state index contributed by atoms with van der Waals surface area (Å²) in [6.07, 6.45) is 4.18. The Hall–Kier alpha value is -0.940. The summed E-state index contributed by atoms with van der Waals surface area (Å²) in [7, 11) is 0. The van der Waals surface area contributed by atoms with Gasteiger partial charge in [-0.1, -0.05) is 25.4 Å². The number of hydrogen-bond donors (Lipinski definition) is 1. The van der Waals surface area contributed by atoms with Crippen molar-refractivity contribution < 1.29 is 9.26 Å². The van der Waals surface area contributed by atoms with Gasteiger partial charge in [-0.05, 0) is 40.2 Å². The first-order chi connectivity index (χ1) is 9.53. The summed E-state index contributed by atoms with van der Waals surface area (Å²) in [6.45, 7) is 11.9. The lowest BCUT2D eigenvalue weighted by atomic mass is 10.1. The Morgan fingerprint density at radius 1 is 1.25 bits per heavy atom. The van der Waals surface area contributed by atoms with Crippen molar-refractivity contribution in [2.45, 2.75) is 71.9 Å². The molecule has 0 amide bonds. The topological polar surface area (TPSA) is 60.2 Å². The zero-order valence-corrected chi connectivity index (χ0v) is 13.5. The Morgan fingerprint density at radius 2 is 2.00 bits per heavy atom. The van der Waals surface area contributed by atoms with Crippen LogP contribution in [0.1, 0.15) is 65.6 Å². The Balaban J connectivity index is 2.65. The number of rotatable bonds is 10. The molecular weight excluding hydrogens is 254 g/mol. The van der Waals surface area contributed by atoms with Crippen LogP contribution in [-0.4, -0.2) is 29.3 Å². The first-order valence-electron chi connectivity index (χ1n) is 7.73. The van der Waals surface area contributed by atoms with Crippen molar-refractivity contribution in [1.82, 2.24) is 15.5 Å². The molecular formula is C15H29N3O2. The molecule has 0 spiro atoms. The van der Waals surface area contributed by atoms with Gasteiger partial charge in [-0.3, -0.25) is 0 Å². The van der Waals surface area contributed by atoms with Crippen molar-refractivity contribution in [3.05, 3.63) is 11.7 Å². The summed E-state index contributed by atoms with van der Waals surface area (Å²) >= 11 is 0. The minimum absolute atomic E-state index is 0.406. The van der Waals surface area contributed by atoms with E-state index < -0.39 is 5.60 Å². The van der Waals surface area contributed by atoms with Gasteiger partial charge in [-0.25, -0.2) is 0 Å². The molecule has 0 fully saturated rings. The van der Waals surface area contributed by atoms with Crippen LogP contribution in [0.3, 0.4) is 0 Å². The number of aromatic nitrogens is 2. The van der Waals surface area contributed by atoms with Gasteiger partial charge in [0.15, 0.2) is 0 Å². The quantitative estimate of drug-likeness (QED) is 0.715. The smallest absolute Gasteiger partial charge is 0.228 e. The van der Waals surface area contributed by atoms with Crippen LogP contribution in [-0.2, 0) is 16.8 Å². The van der Waals surface area contributed by atoms with Gasteiger partial charge in [0.05, 0.1) is 0 Å². The third-order valence-corrected chi connectivity index (χ3v) is 3.25. The first-order valence-corrected chi connectivity index (χ1v) is 7.73. The highest BCUT2D eigenvalue weighted by Crippen LogP contribution is 2.21. The van der Waals surface area contributed by atoms with E-state index in [1.807, 2.05) is 20.8 Å². The van der Waals surface area contributed by atoms with Crippen LogP contribution < -0.4 is 5.32 Å². The lowest BCUT2D eigenvalue weighted by Crippen LogP contribution is -2.31. The van der Waals surface area contributed by atoms with Crippen molar-refractivity contribution >= 4 is 0 Å². The van der Waals surface area contributed by atoms with Crippen molar-refractivity contribution in [3.8, 4) is 0 Å². The molecule has 0 aromatic carbocycles. The fourth-order valence-corrected chi connectivity index (χ4v) is 2.19. The predicted molar refractivity (Wildman–Crippen MR) is 79.6 cm³/mol. The van der Waals surface area contributed by atoms with Crippen LogP contribution in [0.5, 0.6) is 0 Å². The maximum Gasteiger partial charge on any atom is 0.228 e. The highest BCUT2D eigenvalue weighted by Gasteiger charge is 2.27. The summed E-state index contributed by atoms with van der Waals surface area (Å²) in [5.74, 6) is 1.31. The largest absolute Gasteiger partial charge is 0.368 e. The van der Waals surface area contributed by atoms with Gasteiger partial charge in [0.25, 0.3) is 0 Å². The molecule has 5 heteroatoms. The van der Waals surface area contributed by atoms with Crippen molar-refractivity contribution in [2.75, 3.05) is 13.2 Å². The lowest BCUT2D eigenvalue weighted by Gasteiger charge is -2.19. The molecule has 1 N–H and O–H groups in total. The minimum Gasteiger partial charge on any atom is -0.368 e. The van der Waals surface area contributed by atoms with Gasteiger partial charge >= 0.3 is 0 Å². The predicted octanol–water partition coefficient (Wildman–Crippen LogP) is 3.05. The fraction of sp³-hybridized carbons (Fsp3) is 0.867. The van der Waals surface area contributed by atoms with Gasteiger partial charge in [0, 0.05) is 19.1 Å². The number of ether oxygens (including phenoxy) is 1. The second kappa shape index (κ2) is 8.37. The molecule has 0 aliphatic heterocycles. The molecule has 0 radical (unpaired) electrons. The standard InChI is InChI=1S/C15H29N3O2/c1-6-9-12(16-10-7-2)11-13-17-14(18-20-13)15(4,5)19-8-3/h12,16H,6-11H2,1-5H3. The van der Waals surface area contributed by atoms with E-state index in [0.29, 0.717) is 24.4 Å². The Kier molecular flexibility index (Phi) is 7.16. The van der Waals surface area contributed by atoms with Gasteiger partial charge in [0.2, 0.25) is 11.7 Å². The van der Waals surface area contributed by atoms with Crippen LogP contribution in [0.4, 0.5) is 0 Å². The van der Waals surface area contributed by atoms with E-state index in [9.17, 15) is 0 Å². The van der Waals surface area contributed by atoms with Gasteiger partial charge < -0.3 is 14.6 Å². The van der Waals surface area contributed by atoms with Crippen LogP contribution in [0.15, 0.2) is 4.52 Å². The number of nitrogens with one attached hydrogen (secondary N) is 1. The summed E-state index contributed by atoms with van der Waals surface area (Å²) in [4.78, 5) is 4.49. The van der Waals surface area contributed by atoms with Crippen LogP contribution in [0.25, 0.3) is 0 Å². The third-order valence-electron chi connectivity index (χ3n) is 3.25. The maximum atomic E-state index is 5.65. The van der Waals surface area contributed by atoms with E-state index in [1.54, 1.807) is 0 Å². The Bertz CT molecular complexity index is 377. The van der Waals surface area contributed by atoms with E-state index in [0.717, 1.165) is 32.2 Å². The Labute approximate surface area is 122 Å². The third kappa shape index (κ3) is 5.21. The molecule has 1 unspecified atom stereocenters. The van der Waals surface area contributed by atoms with Crippen molar-refractivity contribution in [2.24, 2.45) is 0 Å². The molecule has 116 valence electrons. The van der Waals surface area contributed by atoms with E-state index in [1.165, 1.54) is 0 Å². The molecule has 0 bridgehead atoms. The second-order valence-electron chi connectivity index (χ2n) is 5.60. The molecule has 0 aliphatic rings. The van der Waals surface area contributed by atoms with E-state index in [-0.39, 0.29) is 0 Å². The zero-order valence-electron chi connectivity index (χ0n) is 13.5. The first kappa shape index (κ1) is 17.1. The van der Waals surface area contributed by atoms with E-state index in [2.05, 4.69) is 29.3 Å². The molecule has 1 rings (SSSR count). The molecule has 1 heterocycles. The number of nitrogens with zero attached hydrogens (tertiary/aromatic N) is 2. The fourth-order valence-electron chi connectivity index (χ4n) is 2.19. The molecule has 0 aliphatic carbocycles.